The molecule has 4 heteroatoms. The van der Waals surface area contributed by atoms with Crippen LogP contribution in [0, 0.1) is 17.7 Å². The lowest BCUT2D eigenvalue weighted by molar-refractivity contribution is 0.0999. The number of hydrogen-bond donors (Lipinski definition) is 1. The molecule has 0 atom stereocenters. The molecule has 0 aliphatic carbocycles. The smallest absolute Gasteiger partial charge is 0.251 e. The summed E-state index contributed by atoms with van der Waals surface area (Å²) in [7, 11) is 0. The first-order valence-electron chi connectivity index (χ1n) is 5.19. The third-order valence-corrected chi connectivity index (χ3v) is 2.22. The fraction of sp³-hybridized carbons (Fsp3) is 0. The molecule has 0 bridgehead atoms. The number of carbonyl (C=O) groups excluding carboxylic acids is 1. The maximum atomic E-state index is 12.9. The van der Waals surface area contributed by atoms with Gasteiger partial charge in [-0.2, -0.15) is 0 Å². The van der Waals surface area contributed by atoms with Crippen LogP contribution in [0.2, 0.25) is 0 Å². The summed E-state index contributed by atoms with van der Waals surface area (Å²) in [5, 5.41) is 0. The average molecular weight is 240 g/mol. The molecule has 1 amide bonds. The molecule has 0 radical (unpaired) electrons. The number of benzene rings is 1. The Labute approximate surface area is 103 Å². The van der Waals surface area contributed by atoms with Crippen molar-refractivity contribution in [3.63, 3.8) is 0 Å². The normalized spacial score (nSPS) is 9.39. The first-order chi connectivity index (χ1) is 8.66. The monoisotopic (exact) mass is 240 g/mol. The Kier molecular flexibility index (Phi) is 3.35. The van der Waals surface area contributed by atoms with Gasteiger partial charge in [0.15, 0.2) is 0 Å². The highest BCUT2D eigenvalue weighted by Gasteiger charge is 2.05. The molecule has 88 valence electrons. The molecule has 2 N–H and O–H groups in total. The number of rotatable bonds is 1. The quantitative estimate of drug-likeness (QED) is 0.771. The van der Waals surface area contributed by atoms with Gasteiger partial charge in [-0.15, -0.1) is 0 Å². The van der Waals surface area contributed by atoms with Crippen LogP contribution in [-0.4, -0.2) is 10.9 Å². The molecule has 0 spiro atoms. The Morgan fingerprint density at radius 3 is 2.78 bits per heavy atom. The van der Waals surface area contributed by atoms with Crippen LogP contribution in [-0.2, 0) is 0 Å². The van der Waals surface area contributed by atoms with Crippen LogP contribution in [0.4, 0.5) is 4.39 Å². The Morgan fingerprint density at radius 2 is 2.06 bits per heavy atom. The first-order valence-corrected chi connectivity index (χ1v) is 5.19. The zero-order chi connectivity index (χ0) is 13.0. The van der Waals surface area contributed by atoms with Crippen LogP contribution in [0.1, 0.15) is 21.6 Å². The van der Waals surface area contributed by atoms with Gasteiger partial charge in [0.1, 0.15) is 11.5 Å². The van der Waals surface area contributed by atoms with E-state index in [0.29, 0.717) is 5.56 Å². The zero-order valence-corrected chi connectivity index (χ0v) is 9.35. The molecule has 2 rings (SSSR count). The first kappa shape index (κ1) is 11.8. The summed E-state index contributed by atoms with van der Waals surface area (Å²) >= 11 is 0. The van der Waals surface area contributed by atoms with Crippen molar-refractivity contribution in [1.82, 2.24) is 4.98 Å². The Hall–Kier alpha value is -2.67. The van der Waals surface area contributed by atoms with Crippen molar-refractivity contribution in [2.75, 3.05) is 0 Å². The summed E-state index contributed by atoms with van der Waals surface area (Å²) in [6.07, 6.45) is 1.52. The zero-order valence-electron chi connectivity index (χ0n) is 9.35. The predicted molar refractivity (Wildman–Crippen MR) is 65.1 cm³/mol. The number of halogens is 1. The number of nitrogens with zero attached hydrogens (tertiary/aromatic N) is 1. The van der Waals surface area contributed by atoms with Crippen molar-refractivity contribution in [2.45, 2.75) is 0 Å². The fourth-order valence-electron chi connectivity index (χ4n) is 1.40. The van der Waals surface area contributed by atoms with E-state index in [-0.39, 0.29) is 17.1 Å². The van der Waals surface area contributed by atoms with E-state index in [2.05, 4.69) is 16.8 Å². The number of hydrogen-bond acceptors (Lipinski definition) is 2. The SMILES string of the molecule is NC(=O)c1cccnc1C#Cc1cccc(F)c1. The number of nitrogens with two attached hydrogens (primary N) is 1. The Morgan fingerprint density at radius 1 is 1.22 bits per heavy atom. The number of pyridine rings is 1. The maximum absolute atomic E-state index is 12.9. The second kappa shape index (κ2) is 5.11. The third-order valence-electron chi connectivity index (χ3n) is 2.22. The standard InChI is InChI=1S/C14H9FN2O/c15-11-4-1-3-10(9-11)6-7-13-12(14(16)18)5-2-8-17-13/h1-5,8-9H,(H2,16,18). The van der Waals surface area contributed by atoms with E-state index in [9.17, 15) is 9.18 Å². The molecule has 0 saturated heterocycles. The lowest BCUT2D eigenvalue weighted by Crippen LogP contribution is -2.13. The lowest BCUT2D eigenvalue weighted by Gasteiger charge is -1.97. The molecule has 0 saturated carbocycles. The second-order valence-electron chi connectivity index (χ2n) is 3.52. The van der Waals surface area contributed by atoms with E-state index in [1.807, 2.05) is 0 Å². The predicted octanol–water partition coefficient (Wildman–Crippen LogP) is 1.72. The van der Waals surface area contributed by atoms with E-state index in [1.165, 1.54) is 18.3 Å². The molecule has 2 aromatic rings. The largest absolute Gasteiger partial charge is 0.366 e. The molecule has 0 aliphatic rings. The highest BCUT2D eigenvalue weighted by Crippen LogP contribution is 2.05. The maximum Gasteiger partial charge on any atom is 0.251 e. The number of carbonyl (C=O) groups is 1. The van der Waals surface area contributed by atoms with Crippen molar-refractivity contribution in [3.05, 3.63) is 65.2 Å². The fourth-order valence-corrected chi connectivity index (χ4v) is 1.40. The Bertz CT molecular complexity index is 656. The molecule has 1 aromatic heterocycles. The van der Waals surface area contributed by atoms with E-state index in [4.69, 9.17) is 5.73 Å². The molecule has 0 unspecified atom stereocenters. The van der Waals surface area contributed by atoms with Crippen LogP contribution < -0.4 is 5.73 Å². The van der Waals surface area contributed by atoms with Crippen molar-refractivity contribution in [3.8, 4) is 11.8 Å². The van der Waals surface area contributed by atoms with Gasteiger partial charge in [0.05, 0.1) is 5.56 Å². The summed E-state index contributed by atoms with van der Waals surface area (Å²) in [5.41, 5.74) is 6.25. The third kappa shape index (κ3) is 2.71. The van der Waals surface area contributed by atoms with E-state index >= 15 is 0 Å². The Balaban J connectivity index is 2.39. The molecular weight excluding hydrogens is 231 g/mol. The van der Waals surface area contributed by atoms with Crippen LogP contribution in [0.3, 0.4) is 0 Å². The van der Waals surface area contributed by atoms with E-state index < -0.39 is 5.91 Å². The van der Waals surface area contributed by atoms with Gasteiger partial charge in [0.25, 0.3) is 5.91 Å². The van der Waals surface area contributed by atoms with Crippen molar-refractivity contribution in [2.24, 2.45) is 5.73 Å². The number of primary amides is 1. The van der Waals surface area contributed by atoms with Crippen LogP contribution in [0.5, 0.6) is 0 Å². The van der Waals surface area contributed by atoms with Crippen LogP contribution in [0.25, 0.3) is 0 Å². The van der Waals surface area contributed by atoms with Gasteiger partial charge in [0, 0.05) is 11.8 Å². The topological polar surface area (TPSA) is 56.0 Å². The van der Waals surface area contributed by atoms with Gasteiger partial charge in [-0.1, -0.05) is 12.0 Å². The summed E-state index contributed by atoms with van der Waals surface area (Å²) in [4.78, 5) is 15.1. The van der Waals surface area contributed by atoms with Crippen molar-refractivity contribution < 1.29 is 9.18 Å². The minimum Gasteiger partial charge on any atom is -0.366 e. The van der Waals surface area contributed by atoms with Gasteiger partial charge < -0.3 is 5.73 Å². The van der Waals surface area contributed by atoms with Gasteiger partial charge in [-0.05, 0) is 36.3 Å². The van der Waals surface area contributed by atoms with Gasteiger partial charge >= 0.3 is 0 Å². The average Bonchev–Trinajstić information content (AvgIpc) is 2.37. The van der Waals surface area contributed by atoms with Gasteiger partial charge in [-0.3, -0.25) is 4.79 Å². The highest BCUT2D eigenvalue weighted by atomic mass is 19.1. The summed E-state index contributed by atoms with van der Waals surface area (Å²) in [6.45, 7) is 0. The second-order valence-corrected chi connectivity index (χ2v) is 3.52. The van der Waals surface area contributed by atoms with E-state index in [1.54, 1.807) is 24.3 Å². The summed E-state index contributed by atoms with van der Waals surface area (Å²) < 4.78 is 12.9. The summed E-state index contributed by atoms with van der Waals surface area (Å²) in [6, 6.07) is 9.02. The minimum absolute atomic E-state index is 0.251. The minimum atomic E-state index is -0.591. The molecule has 0 aliphatic heterocycles. The molecular formula is C14H9FN2O. The summed E-state index contributed by atoms with van der Waals surface area (Å²) in [5.74, 6) is 4.49. The van der Waals surface area contributed by atoms with Gasteiger partial charge in [0.2, 0.25) is 0 Å². The molecule has 0 fully saturated rings. The molecule has 18 heavy (non-hydrogen) atoms. The molecule has 1 aromatic carbocycles. The number of amides is 1. The highest BCUT2D eigenvalue weighted by molar-refractivity contribution is 5.94. The van der Waals surface area contributed by atoms with E-state index in [0.717, 1.165) is 0 Å². The molecule has 3 nitrogen and oxygen atoms in total. The van der Waals surface area contributed by atoms with Crippen LogP contribution >= 0.6 is 0 Å². The van der Waals surface area contributed by atoms with Crippen molar-refractivity contribution in [1.29, 1.82) is 0 Å². The lowest BCUT2D eigenvalue weighted by atomic mass is 10.1. The number of aromatic nitrogens is 1. The molecule has 1 heterocycles. The van der Waals surface area contributed by atoms with Crippen LogP contribution in [0.15, 0.2) is 42.6 Å². The van der Waals surface area contributed by atoms with Crippen molar-refractivity contribution >= 4 is 5.91 Å². The van der Waals surface area contributed by atoms with Gasteiger partial charge in [-0.25, -0.2) is 9.37 Å².